The molecule has 2 rings (SSSR count). The fourth-order valence-electron chi connectivity index (χ4n) is 1.69. The van der Waals surface area contributed by atoms with E-state index in [2.05, 4.69) is 27.2 Å². The smallest absolute Gasteiger partial charge is 0.337 e. The van der Waals surface area contributed by atoms with Crippen LogP contribution in [0.4, 0.5) is 17.3 Å². The van der Waals surface area contributed by atoms with Crippen molar-refractivity contribution in [3.63, 3.8) is 0 Å². The molecule has 0 fully saturated rings. The number of aromatic nitrogens is 2. The fourth-order valence-corrected chi connectivity index (χ4v) is 1.69. The Morgan fingerprint density at radius 2 is 2.14 bits per heavy atom. The molecule has 6 nitrogen and oxygen atoms in total. The third kappa shape index (κ3) is 4.04. The molecule has 0 radical (unpaired) electrons. The second kappa shape index (κ2) is 7.04. The van der Waals surface area contributed by atoms with Gasteiger partial charge in [-0.2, -0.15) is 0 Å². The van der Waals surface area contributed by atoms with Gasteiger partial charge in [-0.15, -0.1) is 6.58 Å². The van der Waals surface area contributed by atoms with Crippen LogP contribution >= 0.6 is 0 Å². The average molecular weight is 284 g/mol. The summed E-state index contributed by atoms with van der Waals surface area (Å²) in [6.07, 6.45) is 3.20. The summed E-state index contributed by atoms with van der Waals surface area (Å²) in [7, 11) is 1.35. The Hall–Kier alpha value is -2.89. The van der Waals surface area contributed by atoms with Crippen LogP contribution in [0.25, 0.3) is 0 Å². The van der Waals surface area contributed by atoms with Gasteiger partial charge >= 0.3 is 5.97 Å². The number of nitrogens with zero attached hydrogens (tertiary/aromatic N) is 2. The molecule has 108 valence electrons. The highest BCUT2D eigenvalue weighted by Crippen LogP contribution is 2.17. The van der Waals surface area contributed by atoms with E-state index in [1.807, 2.05) is 6.07 Å². The Morgan fingerprint density at radius 1 is 1.33 bits per heavy atom. The summed E-state index contributed by atoms with van der Waals surface area (Å²) in [5.41, 5.74) is 1.22. The van der Waals surface area contributed by atoms with E-state index in [1.165, 1.54) is 13.4 Å². The largest absolute Gasteiger partial charge is 0.465 e. The molecular weight excluding hydrogens is 268 g/mol. The minimum absolute atomic E-state index is 0.380. The van der Waals surface area contributed by atoms with Crippen molar-refractivity contribution < 1.29 is 9.53 Å². The summed E-state index contributed by atoms with van der Waals surface area (Å²) in [5.74, 6) is 0.935. The van der Waals surface area contributed by atoms with Gasteiger partial charge in [-0.1, -0.05) is 12.1 Å². The fraction of sp³-hybridized carbons (Fsp3) is 0.133. The van der Waals surface area contributed by atoms with E-state index < -0.39 is 0 Å². The van der Waals surface area contributed by atoms with Gasteiger partial charge in [-0.05, 0) is 18.2 Å². The summed E-state index contributed by atoms with van der Waals surface area (Å²) < 4.78 is 4.69. The van der Waals surface area contributed by atoms with Crippen LogP contribution in [0.15, 0.2) is 49.3 Å². The first kappa shape index (κ1) is 14.5. The number of methoxy groups -OCH3 is 1. The second-order valence-electron chi connectivity index (χ2n) is 4.16. The number of rotatable bonds is 6. The van der Waals surface area contributed by atoms with Crippen molar-refractivity contribution in [2.24, 2.45) is 0 Å². The Bertz CT molecular complexity index is 643. The zero-order valence-corrected chi connectivity index (χ0v) is 11.7. The molecule has 0 saturated carbocycles. The summed E-state index contributed by atoms with van der Waals surface area (Å²) in [6, 6.07) is 8.77. The molecular formula is C15H16N4O2. The first-order valence-corrected chi connectivity index (χ1v) is 6.35. The molecule has 0 aliphatic rings. The number of esters is 1. The molecule has 21 heavy (non-hydrogen) atoms. The van der Waals surface area contributed by atoms with Crippen molar-refractivity contribution >= 4 is 23.3 Å². The van der Waals surface area contributed by atoms with E-state index >= 15 is 0 Å². The molecule has 0 aliphatic heterocycles. The molecule has 0 bridgehead atoms. The quantitative estimate of drug-likeness (QED) is 0.627. The summed E-state index contributed by atoms with van der Waals surface area (Å²) in [6.45, 7) is 4.25. The van der Waals surface area contributed by atoms with Crippen molar-refractivity contribution in [3.05, 3.63) is 54.9 Å². The molecule has 1 aromatic carbocycles. The van der Waals surface area contributed by atoms with Crippen LogP contribution < -0.4 is 10.6 Å². The molecule has 0 atom stereocenters. The molecule has 1 heterocycles. The van der Waals surface area contributed by atoms with Gasteiger partial charge in [-0.3, -0.25) is 0 Å². The van der Waals surface area contributed by atoms with Crippen LogP contribution in [-0.2, 0) is 4.74 Å². The lowest BCUT2D eigenvalue weighted by molar-refractivity contribution is 0.0601. The molecule has 0 unspecified atom stereocenters. The Balaban J connectivity index is 2.14. The van der Waals surface area contributed by atoms with Crippen LogP contribution in [0.2, 0.25) is 0 Å². The van der Waals surface area contributed by atoms with Crippen LogP contribution in [0.1, 0.15) is 10.4 Å². The number of ether oxygens (including phenoxy) is 1. The maximum absolute atomic E-state index is 11.5. The summed E-state index contributed by atoms with van der Waals surface area (Å²) >= 11 is 0. The Kier molecular flexibility index (Phi) is 4.87. The third-order valence-corrected chi connectivity index (χ3v) is 2.65. The van der Waals surface area contributed by atoms with E-state index in [-0.39, 0.29) is 5.97 Å². The first-order valence-electron chi connectivity index (χ1n) is 6.35. The zero-order chi connectivity index (χ0) is 15.1. The molecule has 0 aliphatic carbocycles. The lowest BCUT2D eigenvalue weighted by atomic mass is 10.2. The number of hydrogen-bond donors (Lipinski definition) is 2. The van der Waals surface area contributed by atoms with E-state index in [0.29, 0.717) is 23.7 Å². The molecule has 0 spiro atoms. The second-order valence-corrected chi connectivity index (χ2v) is 4.16. The average Bonchev–Trinajstić information content (AvgIpc) is 2.53. The molecule has 1 aromatic heterocycles. The normalized spacial score (nSPS) is 9.76. The van der Waals surface area contributed by atoms with Crippen molar-refractivity contribution in [2.75, 3.05) is 24.3 Å². The zero-order valence-electron chi connectivity index (χ0n) is 11.7. The summed E-state index contributed by atoms with van der Waals surface area (Å²) in [4.78, 5) is 19.7. The van der Waals surface area contributed by atoms with Crippen LogP contribution in [0.5, 0.6) is 0 Å². The molecule has 2 N–H and O–H groups in total. The monoisotopic (exact) mass is 284 g/mol. The van der Waals surface area contributed by atoms with Gasteiger partial charge in [0, 0.05) is 18.3 Å². The maximum Gasteiger partial charge on any atom is 0.337 e. The Labute approximate surface area is 122 Å². The highest BCUT2D eigenvalue weighted by molar-refractivity contribution is 5.90. The van der Waals surface area contributed by atoms with Gasteiger partial charge in [-0.25, -0.2) is 14.8 Å². The van der Waals surface area contributed by atoms with Gasteiger partial charge in [0.05, 0.1) is 12.7 Å². The number of carbonyl (C=O) groups is 1. The molecule has 0 saturated heterocycles. The Morgan fingerprint density at radius 3 is 2.90 bits per heavy atom. The molecule has 2 aromatic rings. The van der Waals surface area contributed by atoms with Crippen molar-refractivity contribution in [1.29, 1.82) is 0 Å². The number of benzene rings is 1. The highest BCUT2D eigenvalue weighted by Gasteiger charge is 2.06. The number of carbonyl (C=O) groups excluding carboxylic acids is 1. The number of anilines is 3. The first-order chi connectivity index (χ1) is 10.2. The van der Waals surface area contributed by atoms with Gasteiger partial charge in [0.25, 0.3) is 0 Å². The van der Waals surface area contributed by atoms with Gasteiger partial charge in [0.1, 0.15) is 18.0 Å². The van der Waals surface area contributed by atoms with Crippen molar-refractivity contribution in [1.82, 2.24) is 9.97 Å². The standard InChI is InChI=1S/C15H16N4O2/c1-3-7-16-13-9-14(18-10-17-13)19-12-6-4-5-11(8-12)15(20)21-2/h3-6,8-10H,1,7H2,2H3,(H2,16,17,18,19). The molecule has 0 amide bonds. The number of hydrogen-bond acceptors (Lipinski definition) is 6. The van der Waals surface area contributed by atoms with Gasteiger partial charge < -0.3 is 15.4 Å². The predicted molar refractivity (Wildman–Crippen MR) is 81.8 cm³/mol. The van der Waals surface area contributed by atoms with E-state index in [4.69, 9.17) is 4.74 Å². The SMILES string of the molecule is C=CCNc1cc(Nc2cccc(C(=O)OC)c2)ncn1. The van der Waals surface area contributed by atoms with Crippen LogP contribution in [0, 0.1) is 0 Å². The van der Waals surface area contributed by atoms with Gasteiger partial charge in [0.15, 0.2) is 0 Å². The maximum atomic E-state index is 11.5. The molecule has 6 heteroatoms. The van der Waals surface area contributed by atoms with E-state index in [9.17, 15) is 4.79 Å². The van der Waals surface area contributed by atoms with E-state index in [0.717, 1.165) is 5.69 Å². The topological polar surface area (TPSA) is 76.1 Å². The van der Waals surface area contributed by atoms with Crippen molar-refractivity contribution in [3.8, 4) is 0 Å². The van der Waals surface area contributed by atoms with Crippen LogP contribution in [-0.4, -0.2) is 29.6 Å². The number of nitrogens with one attached hydrogen (secondary N) is 2. The third-order valence-electron chi connectivity index (χ3n) is 2.65. The summed E-state index contributed by atoms with van der Waals surface area (Å²) in [5, 5.41) is 6.19. The highest BCUT2D eigenvalue weighted by atomic mass is 16.5. The predicted octanol–water partition coefficient (Wildman–Crippen LogP) is 2.60. The van der Waals surface area contributed by atoms with Gasteiger partial charge in [0.2, 0.25) is 0 Å². The lowest BCUT2D eigenvalue weighted by Crippen LogP contribution is -2.04. The van der Waals surface area contributed by atoms with Crippen molar-refractivity contribution in [2.45, 2.75) is 0 Å². The lowest BCUT2D eigenvalue weighted by Gasteiger charge is -2.08. The minimum atomic E-state index is -0.380. The minimum Gasteiger partial charge on any atom is -0.465 e. The van der Waals surface area contributed by atoms with E-state index in [1.54, 1.807) is 30.3 Å². The van der Waals surface area contributed by atoms with Crippen LogP contribution in [0.3, 0.4) is 0 Å².